The zero-order valence-corrected chi connectivity index (χ0v) is 9.94. The van der Waals surface area contributed by atoms with Crippen LogP contribution in [0, 0.1) is 0 Å². The first-order valence-electron chi connectivity index (χ1n) is 5.42. The molecule has 3 N–H and O–H groups in total. The Morgan fingerprint density at radius 1 is 1.41 bits per heavy atom. The van der Waals surface area contributed by atoms with Crippen LogP contribution < -0.4 is 11.1 Å². The molecule has 1 rings (SSSR count). The van der Waals surface area contributed by atoms with Crippen LogP contribution in [0.2, 0.25) is 0 Å². The van der Waals surface area contributed by atoms with Crippen LogP contribution in [-0.2, 0) is 22.6 Å². The molecule has 0 heterocycles. The van der Waals surface area contributed by atoms with Crippen molar-refractivity contribution >= 4 is 6.09 Å². The van der Waals surface area contributed by atoms with Gasteiger partial charge in [0.2, 0.25) is 0 Å². The Morgan fingerprint density at radius 3 is 2.88 bits per heavy atom. The van der Waals surface area contributed by atoms with E-state index < -0.39 is 6.09 Å². The molecule has 17 heavy (non-hydrogen) atoms. The van der Waals surface area contributed by atoms with E-state index in [1.807, 2.05) is 18.2 Å². The lowest BCUT2D eigenvalue weighted by molar-refractivity contribution is 0.157. The third-order valence-corrected chi connectivity index (χ3v) is 2.15. The number of amides is 1. The van der Waals surface area contributed by atoms with Gasteiger partial charge in [-0.05, 0) is 11.1 Å². The number of methoxy groups -OCH3 is 1. The summed E-state index contributed by atoms with van der Waals surface area (Å²) in [4.78, 5) is 10.3. The van der Waals surface area contributed by atoms with Gasteiger partial charge in [-0.2, -0.15) is 0 Å². The summed E-state index contributed by atoms with van der Waals surface area (Å²) in [5.74, 6) is 0. The first-order chi connectivity index (χ1) is 8.22. The molecule has 0 spiro atoms. The highest BCUT2D eigenvalue weighted by Crippen LogP contribution is 2.05. The minimum absolute atomic E-state index is 0.285. The van der Waals surface area contributed by atoms with Crippen molar-refractivity contribution in [2.45, 2.75) is 13.2 Å². The average Bonchev–Trinajstić information content (AvgIpc) is 2.29. The van der Waals surface area contributed by atoms with Crippen molar-refractivity contribution in [3.63, 3.8) is 0 Å². The van der Waals surface area contributed by atoms with Gasteiger partial charge in [-0.3, -0.25) is 0 Å². The molecule has 0 aliphatic carbocycles. The Hall–Kier alpha value is -1.59. The van der Waals surface area contributed by atoms with Crippen LogP contribution in [0.15, 0.2) is 24.3 Å². The van der Waals surface area contributed by atoms with Gasteiger partial charge in [0.25, 0.3) is 0 Å². The molecule has 1 amide bonds. The number of hydrogen-bond acceptors (Lipinski definition) is 4. The monoisotopic (exact) mass is 238 g/mol. The fourth-order valence-electron chi connectivity index (χ4n) is 1.45. The molecule has 5 nitrogen and oxygen atoms in total. The quantitative estimate of drug-likeness (QED) is 0.695. The van der Waals surface area contributed by atoms with Gasteiger partial charge in [-0.1, -0.05) is 24.3 Å². The molecule has 0 aliphatic rings. The Kier molecular flexibility index (Phi) is 6.06. The summed E-state index contributed by atoms with van der Waals surface area (Å²) < 4.78 is 9.66. The van der Waals surface area contributed by atoms with Crippen LogP contribution in [0.1, 0.15) is 11.1 Å². The van der Waals surface area contributed by atoms with Gasteiger partial charge in [0.1, 0.15) is 6.61 Å². The van der Waals surface area contributed by atoms with Crippen molar-refractivity contribution < 1.29 is 14.3 Å². The molecule has 0 aromatic heterocycles. The summed E-state index contributed by atoms with van der Waals surface area (Å²) in [6, 6.07) is 8.11. The molecule has 0 radical (unpaired) electrons. The maximum absolute atomic E-state index is 10.3. The van der Waals surface area contributed by atoms with Crippen molar-refractivity contribution in [3.8, 4) is 0 Å². The van der Waals surface area contributed by atoms with Gasteiger partial charge in [0.05, 0.1) is 6.61 Å². The third-order valence-electron chi connectivity index (χ3n) is 2.15. The Labute approximate surface area is 101 Å². The molecule has 94 valence electrons. The van der Waals surface area contributed by atoms with E-state index in [9.17, 15) is 4.79 Å². The summed E-state index contributed by atoms with van der Waals surface area (Å²) in [7, 11) is 1.67. The van der Waals surface area contributed by atoms with E-state index in [1.54, 1.807) is 7.11 Å². The molecule has 0 fully saturated rings. The standard InChI is InChI=1S/C12H18N2O3/c1-16-9-11-4-2-3-10(7-11)8-14-5-6-17-12(13)15/h2-4,7,14H,5-6,8-9H2,1H3,(H2,13,15). The van der Waals surface area contributed by atoms with Crippen LogP contribution in [0.3, 0.4) is 0 Å². The van der Waals surface area contributed by atoms with E-state index in [0.717, 1.165) is 12.1 Å². The maximum atomic E-state index is 10.3. The Bertz CT molecular complexity index is 355. The zero-order chi connectivity index (χ0) is 12.5. The lowest BCUT2D eigenvalue weighted by Gasteiger charge is -2.06. The number of ether oxygens (including phenoxy) is 2. The van der Waals surface area contributed by atoms with Crippen LogP contribution in [-0.4, -0.2) is 26.4 Å². The number of hydrogen-bond donors (Lipinski definition) is 2. The number of nitrogens with one attached hydrogen (secondary N) is 1. The van der Waals surface area contributed by atoms with E-state index in [-0.39, 0.29) is 6.61 Å². The molecule has 0 unspecified atom stereocenters. The Balaban J connectivity index is 2.26. The fourth-order valence-corrected chi connectivity index (χ4v) is 1.45. The number of nitrogens with two attached hydrogens (primary N) is 1. The number of carbonyl (C=O) groups excluding carboxylic acids is 1. The Morgan fingerprint density at radius 2 is 2.18 bits per heavy atom. The smallest absolute Gasteiger partial charge is 0.404 e. The summed E-state index contributed by atoms with van der Waals surface area (Å²) >= 11 is 0. The largest absolute Gasteiger partial charge is 0.448 e. The first-order valence-corrected chi connectivity index (χ1v) is 5.42. The maximum Gasteiger partial charge on any atom is 0.404 e. The molecule has 0 atom stereocenters. The number of carbonyl (C=O) groups is 1. The predicted octanol–water partition coefficient (Wildman–Crippen LogP) is 1.02. The second-order valence-electron chi connectivity index (χ2n) is 3.60. The lowest BCUT2D eigenvalue weighted by Crippen LogP contribution is -2.23. The van der Waals surface area contributed by atoms with Crippen molar-refractivity contribution in [1.82, 2.24) is 5.32 Å². The van der Waals surface area contributed by atoms with Gasteiger partial charge in [0, 0.05) is 20.2 Å². The normalized spacial score (nSPS) is 10.2. The summed E-state index contributed by atoms with van der Waals surface area (Å²) in [5.41, 5.74) is 7.14. The highest BCUT2D eigenvalue weighted by atomic mass is 16.5. The highest BCUT2D eigenvalue weighted by Gasteiger charge is 1.97. The van der Waals surface area contributed by atoms with E-state index in [2.05, 4.69) is 16.1 Å². The topological polar surface area (TPSA) is 73.6 Å². The van der Waals surface area contributed by atoms with Crippen LogP contribution in [0.5, 0.6) is 0 Å². The van der Waals surface area contributed by atoms with Crippen LogP contribution in [0.4, 0.5) is 4.79 Å². The molecule has 0 saturated heterocycles. The summed E-state index contributed by atoms with van der Waals surface area (Å²) in [6.45, 7) is 2.20. The number of benzene rings is 1. The van der Waals surface area contributed by atoms with Crippen molar-refractivity contribution in [1.29, 1.82) is 0 Å². The third kappa shape index (κ3) is 5.89. The lowest BCUT2D eigenvalue weighted by atomic mass is 10.1. The van der Waals surface area contributed by atoms with Gasteiger partial charge in [-0.25, -0.2) is 4.79 Å². The minimum Gasteiger partial charge on any atom is -0.448 e. The first kappa shape index (κ1) is 13.5. The molecule has 0 aliphatic heterocycles. The molecule has 0 bridgehead atoms. The van der Waals surface area contributed by atoms with E-state index in [1.165, 1.54) is 5.56 Å². The van der Waals surface area contributed by atoms with Gasteiger partial charge >= 0.3 is 6.09 Å². The van der Waals surface area contributed by atoms with E-state index in [4.69, 9.17) is 10.5 Å². The molecule has 5 heteroatoms. The fraction of sp³-hybridized carbons (Fsp3) is 0.417. The van der Waals surface area contributed by atoms with E-state index >= 15 is 0 Å². The summed E-state index contributed by atoms with van der Waals surface area (Å²) in [5, 5.41) is 3.15. The van der Waals surface area contributed by atoms with Crippen molar-refractivity contribution in [2.24, 2.45) is 5.73 Å². The van der Waals surface area contributed by atoms with Gasteiger partial charge in [0.15, 0.2) is 0 Å². The SMILES string of the molecule is COCc1cccc(CNCCOC(N)=O)c1. The zero-order valence-electron chi connectivity index (χ0n) is 9.94. The molecule has 1 aromatic carbocycles. The van der Waals surface area contributed by atoms with Crippen molar-refractivity contribution in [3.05, 3.63) is 35.4 Å². The van der Waals surface area contributed by atoms with Crippen LogP contribution in [0.25, 0.3) is 0 Å². The molecule has 1 aromatic rings. The predicted molar refractivity (Wildman–Crippen MR) is 64.4 cm³/mol. The second-order valence-corrected chi connectivity index (χ2v) is 3.60. The van der Waals surface area contributed by atoms with Gasteiger partial charge < -0.3 is 20.5 Å². The molecular formula is C12H18N2O3. The average molecular weight is 238 g/mol. The van der Waals surface area contributed by atoms with Crippen LogP contribution >= 0.6 is 0 Å². The molecule has 0 saturated carbocycles. The minimum atomic E-state index is -0.742. The highest BCUT2D eigenvalue weighted by molar-refractivity contribution is 5.64. The number of primary amides is 1. The van der Waals surface area contributed by atoms with E-state index in [0.29, 0.717) is 13.2 Å². The number of rotatable bonds is 7. The molecular weight excluding hydrogens is 220 g/mol. The van der Waals surface area contributed by atoms with Crippen molar-refractivity contribution in [2.75, 3.05) is 20.3 Å². The van der Waals surface area contributed by atoms with Gasteiger partial charge in [-0.15, -0.1) is 0 Å². The summed E-state index contributed by atoms with van der Waals surface area (Å²) in [6.07, 6.45) is -0.742. The second kappa shape index (κ2) is 7.65.